The monoisotopic (exact) mass is 388 g/mol. The number of carbonyl (C=O) groups is 3. The number of aliphatic carboxylic acids is 1. The van der Waals surface area contributed by atoms with Crippen molar-refractivity contribution >= 4 is 17.8 Å². The molecule has 2 amide bonds. The van der Waals surface area contributed by atoms with E-state index in [0.29, 0.717) is 11.5 Å². The molecule has 148 valence electrons. The quantitative estimate of drug-likeness (QED) is 0.454. The third-order valence-corrected chi connectivity index (χ3v) is 4.13. The molecule has 0 aromatic carbocycles. The molecule has 3 rings (SSSR count). The molecule has 0 aliphatic carbocycles. The maximum Gasteiger partial charge on any atom is 0.324 e. The van der Waals surface area contributed by atoms with Crippen molar-refractivity contribution in [3.05, 3.63) is 54.2 Å². The maximum absolute atomic E-state index is 12.9. The molecule has 1 aliphatic heterocycles. The number of carboxylic acids is 1. The molecule has 28 heavy (non-hydrogen) atoms. The van der Waals surface area contributed by atoms with Gasteiger partial charge in [-0.15, -0.1) is 0 Å². The molecule has 10 nitrogen and oxygen atoms in total. The Hall–Kier alpha value is -3.24. The fraction of sp³-hybridized carbons (Fsp3) is 0.333. The highest BCUT2D eigenvalue weighted by Crippen LogP contribution is 2.27. The predicted octanol–water partition coefficient (Wildman–Crippen LogP) is 0.0184. The molecule has 2 N–H and O–H groups in total. The number of rotatable bonds is 9. The van der Waals surface area contributed by atoms with Crippen LogP contribution >= 0.6 is 0 Å². The van der Waals surface area contributed by atoms with Gasteiger partial charge in [-0.1, -0.05) is 6.07 Å². The van der Waals surface area contributed by atoms with Crippen LogP contribution in [0.4, 0.5) is 0 Å². The number of nitrogens with zero attached hydrogens (tertiary/aromatic N) is 3. The average molecular weight is 388 g/mol. The molecule has 0 spiro atoms. The molecular weight excluding hydrogens is 368 g/mol. The molecular formula is C18H20N4O6. The first-order valence-corrected chi connectivity index (χ1v) is 8.56. The average Bonchev–Trinajstić information content (AvgIpc) is 3.33. The van der Waals surface area contributed by atoms with Crippen molar-refractivity contribution in [2.24, 2.45) is 0 Å². The minimum atomic E-state index is -1.18. The van der Waals surface area contributed by atoms with Gasteiger partial charge >= 0.3 is 5.97 Å². The van der Waals surface area contributed by atoms with E-state index in [2.05, 4.69) is 10.4 Å². The van der Waals surface area contributed by atoms with Gasteiger partial charge in [-0.2, -0.15) is 0 Å². The summed E-state index contributed by atoms with van der Waals surface area (Å²) in [5, 5.41) is 9.77. The van der Waals surface area contributed by atoms with E-state index in [9.17, 15) is 14.4 Å². The SMILES string of the molecule is CNN(CC(=O)O)C(=O)C1OC1C(=O)N(Cc1ccccn1)Cc1ccco1. The summed E-state index contributed by atoms with van der Waals surface area (Å²) < 4.78 is 10.6. The highest BCUT2D eigenvalue weighted by atomic mass is 16.6. The van der Waals surface area contributed by atoms with Crippen LogP contribution in [0.15, 0.2) is 47.2 Å². The second-order valence-electron chi connectivity index (χ2n) is 6.11. The third kappa shape index (κ3) is 4.72. The van der Waals surface area contributed by atoms with E-state index in [1.807, 2.05) is 6.07 Å². The number of hydrazine groups is 1. The van der Waals surface area contributed by atoms with Crippen LogP contribution in [0.5, 0.6) is 0 Å². The van der Waals surface area contributed by atoms with Gasteiger partial charge in [0.1, 0.15) is 12.3 Å². The Bertz CT molecular complexity index is 826. The number of epoxide rings is 1. The molecule has 0 bridgehead atoms. The van der Waals surface area contributed by atoms with Crippen LogP contribution in [0, 0.1) is 0 Å². The van der Waals surface area contributed by atoms with Gasteiger partial charge in [-0.05, 0) is 24.3 Å². The highest BCUT2D eigenvalue weighted by Gasteiger charge is 2.53. The van der Waals surface area contributed by atoms with Crippen LogP contribution in [0.1, 0.15) is 11.5 Å². The first-order valence-electron chi connectivity index (χ1n) is 8.56. The number of carboxylic acid groups (broad SMARTS) is 1. The van der Waals surface area contributed by atoms with Crippen molar-refractivity contribution in [1.29, 1.82) is 0 Å². The minimum absolute atomic E-state index is 0.189. The summed E-state index contributed by atoms with van der Waals surface area (Å²) in [7, 11) is 1.42. The first-order chi connectivity index (χ1) is 13.5. The van der Waals surface area contributed by atoms with E-state index in [-0.39, 0.29) is 13.1 Å². The van der Waals surface area contributed by atoms with Crippen LogP contribution in [0.3, 0.4) is 0 Å². The number of ether oxygens (including phenoxy) is 1. The second kappa shape index (κ2) is 8.63. The van der Waals surface area contributed by atoms with Gasteiger partial charge in [0.2, 0.25) is 0 Å². The Labute approximate surface area is 160 Å². The Morgan fingerprint density at radius 2 is 1.93 bits per heavy atom. The number of nitrogens with one attached hydrogen (secondary N) is 1. The molecule has 1 aliphatic rings. The highest BCUT2D eigenvalue weighted by molar-refractivity contribution is 5.95. The zero-order valence-electron chi connectivity index (χ0n) is 15.1. The fourth-order valence-electron chi connectivity index (χ4n) is 2.71. The smallest absolute Gasteiger partial charge is 0.324 e. The molecule has 0 radical (unpaired) electrons. The lowest BCUT2D eigenvalue weighted by Gasteiger charge is -2.21. The van der Waals surface area contributed by atoms with Crippen molar-refractivity contribution in [2.75, 3.05) is 13.6 Å². The number of carbonyl (C=O) groups excluding carboxylic acids is 2. The van der Waals surface area contributed by atoms with Gasteiger partial charge in [-0.3, -0.25) is 24.4 Å². The van der Waals surface area contributed by atoms with Crippen molar-refractivity contribution in [3.63, 3.8) is 0 Å². The zero-order chi connectivity index (χ0) is 20.1. The fourth-order valence-corrected chi connectivity index (χ4v) is 2.71. The normalized spacial score (nSPS) is 17.8. The first kappa shape index (κ1) is 19.5. The van der Waals surface area contributed by atoms with Crippen LogP contribution in [0.2, 0.25) is 0 Å². The molecule has 1 fully saturated rings. The topological polar surface area (TPSA) is 129 Å². The summed E-state index contributed by atoms with van der Waals surface area (Å²) in [6, 6.07) is 8.83. The Balaban J connectivity index is 1.69. The molecule has 3 heterocycles. The van der Waals surface area contributed by atoms with Crippen molar-refractivity contribution < 1.29 is 28.6 Å². The van der Waals surface area contributed by atoms with Gasteiger partial charge in [0.15, 0.2) is 12.2 Å². The van der Waals surface area contributed by atoms with Gasteiger partial charge in [0, 0.05) is 13.2 Å². The number of amides is 2. The lowest BCUT2D eigenvalue weighted by atomic mass is 10.2. The van der Waals surface area contributed by atoms with Gasteiger partial charge in [0.05, 0.1) is 25.0 Å². The molecule has 10 heteroatoms. The summed E-state index contributed by atoms with van der Waals surface area (Å²) in [4.78, 5) is 41.8. The van der Waals surface area contributed by atoms with Crippen LogP contribution in [0.25, 0.3) is 0 Å². The Morgan fingerprint density at radius 3 is 2.54 bits per heavy atom. The second-order valence-corrected chi connectivity index (χ2v) is 6.11. The largest absolute Gasteiger partial charge is 0.480 e. The van der Waals surface area contributed by atoms with Gasteiger partial charge in [0.25, 0.3) is 11.8 Å². The third-order valence-electron chi connectivity index (χ3n) is 4.13. The van der Waals surface area contributed by atoms with E-state index in [0.717, 1.165) is 5.01 Å². The van der Waals surface area contributed by atoms with Crippen molar-refractivity contribution in [1.82, 2.24) is 20.3 Å². The number of hydrogen-bond donors (Lipinski definition) is 2. The zero-order valence-corrected chi connectivity index (χ0v) is 15.1. The summed E-state index contributed by atoms with van der Waals surface area (Å²) in [5.74, 6) is -1.61. The lowest BCUT2D eigenvalue weighted by Crippen LogP contribution is -2.47. The van der Waals surface area contributed by atoms with E-state index in [4.69, 9.17) is 14.3 Å². The predicted molar refractivity (Wildman–Crippen MR) is 94.3 cm³/mol. The standard InChI is InChI=1S/C18H20N4O6/c1-19-22(11-14(23)24)18(26)16-15(28-16)17(25)21(10-13-6-4-8-27-13)9-12-5-2-3-7-20-12/h2-8,15-16,19H,9-11H2,1H3,(H,23,24). The lowest BCUT2D eigenvalue weighted by molar-refractivity contribution is -0.147. The number of hydrogen-bond acceptors (Lipinski definition) is 7. The number of aromatic nitrogens is 1. The number of furan rings is 1. The summed E-state index contributed by atoms with van der Waals surface area (Å²) in [6.45, 7) is -0.139. The van der Waals surface area contributed by atoms with Gasteiger partial charge in [-0.25, -0.2) is 5.43 Å². The van der Waals surface area contributed by atoms with Gasteiger partial charge < -0.3 is 19.2 Å². The Kier molecular flexibility index (Phi) is 6.02. The number of pyridine rings is 1. The van der Waals surface area contributed by atoms with E-state index < -0.39 is 36.5 Å². The molecule has 0 saturated carbocycles. The molecule has 2 unspecified atom stereocenters. The Morgan fingerprint density at radius 1 is 1.14 bits per heavy atom. The molecule has 2 atom stereocenters. The van der Waals surface area contributed by atoms with Crippen LogP contribution < -0.4 is 5.43 Å². The van der Waals surface area contributed by atoms with E-state index in [1.165, 1.54) is 18.2 Å². The molecule has 1 saturated heterocycles. The molecule has 2 aromatic heterocycles. The minimum Gasteiger partial charge on any atom is -0.480 e. The van der Waals surface area contributed by atoms with Crippen molar-refractivity contribution in [3.8, 4) is 0 Å². The summed E-state index contributed by atoms with van der Waals surface area (Å²) >= 11 is 0. The molecule has 2 aromatic rings. The maximum atomic E-state index is 12.9. The van der Waals surface area contributed by atoms with E-state index >= 15 is 0 Å². The van der Waals surface area contributed by atoms with E-state index in [1.54, 1.807) is 30.5 Å². The summed E-state index contributed by atoms with van der Waals surface area (Å²) in [6.07, 6.45) is 1.13. The van der Waals surface area contributed by atoms with Crippen LogP contribution in [-0.2, 0) is 32.2 Å². The summed E-state index contributed by atoms with van der Waals surface area (Å²) in [5.41, 5.74) is 3.17. The van der Waals surface area contributed by atoms with Crippen LogP contribution in [-0.4, -0.2) is 63.6 Å². The van der Waals surface area contributed by atoms with Crippen molar-refractivity contribution in [2.45, 2.75) is 25.3 Å².